The molecule has 0 radical (unpaired) electrons. The van der Waals surface area contributed by atoms with Gasteiger partial charge in [0.2, 0.25) is 0 Å². The number of nitrogens with two attached hydrogens (primary N) is 1. The Morgan fingerprint density at radius 1 is 1.58 bits per heavy atom. The number of carbonyl (C=O) groups is 1. The van der Waals surface area contributed by atoms with Gasteiger partial charge in [0.15, 0.2) is 0 Å². The van der Waals surface area contributed by atoms with E-state index in [1.165, 1.54) is 4.88 Å². The van der Waals surface area contributed by atoms with Crippen molar-refractivity contribution in [2.45, 2.75) is 25.9 Å². The molecule has 136 valence electrons. The van der Waals surface area contributed by atoms with E-state index in [0.29, 0.717) is 22.7 Å². The smallest absolute Gasteiger partial charge is 0.290 e. The largest absolute Gasteiger partial charge is 0.483 e. The minimum Gasteiger partial charge on any atom is -0.483 e. The first kappa shape index (κ1) is 20.1. The van der Waals surface area contributed by atoms with Crippen LogP contribution >= 0.6 is 34.3 Å². The van der Waals surface area contributed by atoms with E-state index < -0.39 is 0 Å². The first-order chi connectivity index (χ1) is 12.5. The molecule has 0 aliphatic rings. The van der Waals surface area contributed by atoms with Crippen molar-refractivity contribution in [3.8, 4) is 6.07 Å². The summed E-state index contributed by atoms with van der Waals surface area (Å²) in [5.41, 5.74) is 8.05. The molecule has 0 saturated heterocycles. The number of rotatable bonds is 5. The predicted octanol–water partition coefficient (Wildman–Crippen LogP) is 4.09. The molecule has 0 spiro atoms. The molecule has 0 amide bonds. The molecule has 4 N–H and O–H groups in total. The van der Waals surface area contributed by atoms with E-state index in [1.807, 2.05) is 24.4 Å². The summed E-state index contributed by atoms with van der Waals surface area (Å²) in [6, 6.07) is 8.16. The van der Waals surface area contributed by atoms with Crippen molar-refractivity contribution in [3.05, 3.63) is 44.1 Å². The van der Waals surface area contributed by atoms with E-state index in [1.54, 1.807) is 22.7 Å². The lowest BCUT2D eigenvalue weighted by atomic mass is 10.1. The fourth-order valence-electron chi connectivity index (χ4n) is 2.36. The Hall–Kier alpha value is -2.18. The van der Waals surface area contributed by atoms with E-state index in [0.717, 1.165) is 21.8 Å². The number of nitrogens with one attached hydrogen (secondary N) is 1. The van der Waals surface area contributed by atoms with Gasteiger partial charge < -0.3 is 16.2 Å². The SMILES string of the molecule is C[C@H](N)Cc1sc2c(NCc3cccs3)cc(Cl)nc2c1C#N.O=CO. The lowest BCUT2D eigenvalue weighted by molar-refractivity contribution is -0.122. The second-order valence-electron chi connectivity index (χ2n) is 5.40. The number of thiophene rings is 2. The van der Waals surface area contributed by atoms with Crippen molar-refractivity contribution < 1.29 is 9.90 Å². The van der Waals surface area contributed by atoms with Crippen molar-refractivity contribution in [1.29, 1.82) is 5.26 Å². The highest BCUT2D eigenvalue weighted by atomic mass is 35.5. The number of hydrogen-bond donors (Lipinski definition) is 3. The van der Waals surface area contributed by atoms with Gasteiger partial charge in [0, 0.05) is 28.4 Å². The standard InChI is InChI=1S/C16H15ClN4S2.CH2O2/c1-9(19)5-13-11(7-18)15-16(23-13)12(6-14(17)21-15)20-8-10-3-2-4-22-10;2-1-3/h2-4,6,9H,5,8,19H2,1H3,(H,20,21);1H,(H,2,3)/t9-;/m0./s1. The number of nitriles is 1. The highest BCUT2D eigenvalue weighted by Crippen LogP contribution is 2.37. The molecule has 0 unspecified atom stereocenters. The number of pyridine rings is 1. The molecule has 0 saturated carbocycles. The Morgan fingerprint density at radius 2 is 2.31 bits per heavy atom. The molecule has 0 aliphatic carbocycles. The monoisotopic (exact) mass is 408 g/mol. The molecule has 0 aliphatic heterocycles. The van der Waals surface area contributed by atoms with Gasteiger partial charge in [0.05, 0.1) is 16.0 Å². The number of fused-ring (bicyclic) bond motifs is 1. The van der Waals surface area contributed by atoms with Gasteiger partial charge in [-0.3, -0.25) is 4.79 Å². The van der Waals surface area contributed by atoms with Gasteiger partial charge in [-0.05, 0) is 24.8 Å². The molecule has 0 bridgehead atoms. The summed E-state index contributed by atoms with van der Waals surface area (Å²) in [6.45, 7) is 2.40. The topological polar surface area (TPSA) is 112 Å². The fourth-order valence-corrected chi connectivity index (χ4v) is 4.52. The van der Waals surface area contributed by atoms with E-state index in [4.69, 9.17) is 27.2 Å². The highest BCUT2D eigenvalue weighted by molar-refractivity contribution is 7.20. The maximum atomic E-state index is 9.49. The lowest BCUT2D eigenvalue weighted by Gasteiger charge is -2.06. The lowest BCUT2D eigenvalue weighted by Crippen LogP contribution is -2.17. The minimum absolute atomic E-state index is 0.00633. The Balaban J connectivity index is 0.000000758. The molecule has 0 aromatic carbocycles. The maximum absolute atomic E-state index is 9.49. The zero-order valence-corrected chi connectivity index (χ0v) is 16.3. The van der Waals surface area contributed by atoms with Crippen LogP contribution in [-0.4, -0.2) is 22.6 Å². The molecule has 3 rings (SSSR count). The maximum Gasteiger partial charge on any atom is 0.290 e. The van der Waals surface area contributed by atoms with E-state index in [2.05, 4.69) is 22.4 Å². The third-order valence-electron chi connectivity index (χ3n) is 3.34. The third-order valence-corrected chi connectivity index (χ3v) is 5.64. The molecule has 6 nitrogen and oxygen atoms in total. The van der Waals surface area contributed by atoms with E-state index in [9.17, 15) is 5.26 Å². The number of hydrogen-bond acceptors (Lipinski definition) is 7. The molecular weight excluding hydrogens is 392 g/mol. The Kier molecular flexibility index (Phi) is 7.36. The summed E-state index contributed by atoms with van der Waals surface area (Å²) < 4.78 is 0.957. The van der Waals surface area contributed by atoms with Crippen molar-refractivity contribution in [1.82, 2.24) is 4.98 Å². The second kappa shape index (κ2) is 9.50. The first-order valence-electron chi connectivity index (χ1n) is 7.61. The van der Waals surface area contributed by atoms with Gasteiger partial charge in [-0.1, -0.05) is 17.7 Å². The van der Waals surface area contributed by atoms with Gasteiger partial charge >= 0.3 is 0 Å². The molecule has 1 atom stereocenters. The van der Waals surface area contributed by atoms with Gasteiger partial charge in [-0.2, -0.15) is 5.26 Å². The fraction of sp³-hybridized carbons (Fsp3) is 0.235. The summed E-state index contributed by atoms with van der Waals surface area (Å²) in [5, 5.41) is 22.2. The quantitative estimate of drug-likeness (QED) is 0.433. The molecule has 9 heteroatoms. The number of carboxylic acid groups (broad SMARTS) is 1. The van der Waals surface area contributed by atoms with Crippen LogP contribution in [0.1, 0.15) is 22.2 Å². The van der Waals surface area contributed by atoms with Crippen molar-refractivity contribution in [2.24, 2.45) is 5.73 Å². The highest BCUT2D eigenvalue weighted by Gasteiger charge is 2.18. The average Bonchev–Trinajstić information content (AvgIpc) is 3.20. The van der Waals surface area contributed by atoms with Gasteiger partial charge in [-0.15, -0.1) is 22.7 Å². The molecule has 3 aromatic heterocycles. The van der Waals surface area contributed by atoms with Crippen LogP contribution in [0.4, 0.5) is 5.69 Å². The molecular formula is C17H17ClN4O2S2. The van der Waals surface area contributed by atoms with Crippen LogP contribution < -0.4 is 11.1 Å². The minimum atomic E-state index is -0.250. The third kappa shape index (κ3) is 4.93. The Bertz CT molecular complexity index is 917. The van der Waals surface area contributed by atoms with Crippen molar-refractivity contribution >= 4 is 56.7 Å². The van der Waals surface area contributed by atoms with Crippen molar-refractivity contribution in [2.75, 3.05) is 5.32 Å². The van der Waals surface area contributed by atoms with E-state index in [-0.39, 0.29) is 12.5 Å². The Morgan fingerprint density at radius 3 is 2.88 bits per heavy atom. The van der Waals surface area contributed by atoms with Crippen LogP contribution in [0.25, 0.3) is 10.2 Å². The Labute approximate surface area is 163 Å². The number of nitrogens with zero attached hydrogens (tertiary/aromatic N) is 2. The average molecular weight is 409 g/mol. The zero-order valence-electron chi connectivity index (χ0n) is 13.9. The number of halogens is 1. The van der Waals surface area contributed by atoms with Crippen LogP contribution in [0.2, 0.25) is 5.15 Å². The second-order valence-corrected chi connectivity index (χ2v) is 7.93. The van der Waals surface area contributed by atoms with Gasteiger partial charge in [-0.25, -0.2) is 4.98 Å². The number of aromatic nitrogens is 1. The van der Waals surface area contributed by atoms with E-state index >= 15 is 0 Å². The summed E-state index contributed by atoms with van der Waals surface area (Å²) in [4.78, 5) is 14.9. The summed E-state index contributed by atoms with van der Waals surface area (Å²) in [6.07, 6.45) is 0.659. The van der Waals surface area contributed by atoms with Crippen LogP contribution in [0.5, 0.6) is 0 Å². The molecule has 26 heavy (non-hydrogen) atoms. The number of anilines is 1. The predicted molar refractivity (Wildman–Crippen MR) is 107 cm³/mol. The normalized spacial score (nSPS) is 11.3. The molecule has 3 aromatic rings. The first-order valence-corrected chi connectivity index (χ1v) is 9.69. The summed E-state index contributed by atoms with van der Waals surface area (Å²) in [7, 11) is 0. The summed E-state index contributed by atoms with van der Waals surface area (Å²) >= 11 is 9.41. The van der Waals surface area contributed by atoms with Crippen LogP contribution in [0, 0.1) is 11.3 Å². The van der Waals surface area contributed by atoms with Gasteiger partial charge in [0.25, 0.3) is 6.47 Å². The molecule has 0 fully saturated rings. The zero-order chi connectivity index (χ0) is 19.1. The van der Waals surface area contributed by atoms with Crippen LogP contribution in [-0.2, 0) is 17.8 Å². The van der Waals surface area contributed by atoms with Gasteiger partial charge in [0.1, 0.15) is 16.7 Å². The van der Waals surface area contributed by atoms with Crippen molar-refractivity contribution in [3.63, 3.8) is 0 Å². The molecule has 3 heterocycles. The summed E-state index contributed by atoms with van der Waals surface area (Å²) in [5.74, 6) is 0. The van der Waals surface area contributed by atoms with Crippen LogP contribution in [0.15, 0.2) is 23.6 Å². The van der Waals surface area contributed by atoms with Crippen LogP contribution in [0.3, 0.4) is 0 Å².